The van der Waals surface area contributed by atoms with Crippen molar-refractivity contribution in [2.24, 2.45) is 0 Å². The summed E-state index contributed by atoms with van der Waals surface area (Å²) < 4.78 is 41.6. The van der Waals surface area contributed by atoms with Crippen LogP contribution in [0.1, 0.15) is 41.4 Å². The number of hydrogen-bond acceptors (Lipinski definition) is 8. The van der Waals surface area contributed by atoms with E-state index in [9.17, 15) is 23.1 Å². The van der Waals surface area contributed by atoms with Gasteiger partial charge in [-0.3, -0.25) is 9.97 Å². The summed E-state index contributed by atoms with van der Waals surface area (Å²) in [7, 11) is 7.20. The summed E-state index contributed by atoms with van der Waals surface area (Å²) in [5.41, 5.74) is -0.457. The smallest absolute Gasteiger partial charge is 0.426 e. The van der Waals surface area contributed by atoms with Crippen molar-refractivity contribution in [1.29, 1.82) is 0 Å². The van der Waals surface area contributed by atoms with Crippen LogP contribution in [0.3, 0.4) is 0 Å². The Balaban J connectivity index is 0.00000400. The van der Waals surface area contributed by atoms with Crippen molar-refractivity contribution in [2.45, 2.75) is 25.4 Å². The minimum Gasteiger partial charge on any atom is -0.477 e. The number of hydrogen-bond donors (Lipinski definition) is 1. The summed E-state index contributed by atoms with van der Waals surface area (Å²) in [5, 5.41) is 9.61. The molecule has 4 aromatic heterocycles. The predicted molar refractivity (Wildman–Crippen MR) is 130 cm³/mol. The molecule has 0 amide bonds. The zero-order chi connectivity index (χ0) is 27.3. The molecule has 0 atom stereocenters. The molecule has 0 spiro atoms. The number of imidazole rings is 1. The SMILES string of the molecule is CN(C)c1cc(C(=O)O)nc(C(C)(C)c2cc(N(C)C)cc(-n3[c-]nc4c(C(F)(F)F)ncnc43)n2)c1.[Pt]. The molecule has 204 valence electrons. The van der Waals surface area contributed by atoms with Crippen molar-refractivity contribution in [3.05, 3.63) is 59.7 Å². The molecule has 4 rings (SSSR count). The minimum absolute atomic E-state index is 0. The number of rotatable bonds is 6. The number of aromatic nitrogens is 6. The number of carbonyl (C=O) groups is 1. The average molecular weight is 709 g/mol. The van der Waals surface area contributed by atoms with E-state index < -0.39 is 28.8 Å². The fourth-order valence-electron chi connectivity index (χ4n) is 3.68. The van der Waals surface area contributed by atoms with Crippen molar-refractivity contribution >= 4 is 28.5 Å². The van der Waals surface area contributed by atoms with Gasteiger partial charge in [-0.1, -0.05) is 0 Å². The van der Waals surface area contributed by atoms with Crippen LogP contribution >= 0.6 is 0 Å². The van der Waals surface area contributed by atoms with Crippen molar-refractivity contribution in [2.75, 3.05) is 38.0 Å². The molecule has 4 heterocycles. The third-order valence-corrected chi connectivity index (χ3v) is 5.91. The fraction of sp³-hybridized carbons (Fsp3) is 0.333. The summed E-state index contributed by atoms with van der Waals surface area (Å²) in [6, 6.07) is 6.72. The van der Waals surface area contributed by atoms with Crippen LogP contribution in [-0.2, 0) is 32.7 Å². The van der Waals surface area contributed by atoms with Gasteiger partial charge in [-0.15, -0.1) is 0 Å². The quantitative estimate of drug-likeness (QED) is 0.301. The molecule has 38 heavy (non-hydrogen) atoms. The molecule has 0 saturated carbocycles. The fourth-order valence-corrected chi connectivity index (χ4v) is 3.68. The van der Waals surface area contributed by atoms with Gasteiger partial charge in [-0.2, -0.15) is 13.2 Å². The standard InChI is InChI=1S/C24H24F3N8O2.Pt/c1-23(2,16-8-13(33(3)4)7-15(31-16)22(36)37)17-9-14(34(5)6)10-18(32-17)35-12-30-19-20(24(25,26)27)28-11-29-21(19)35;/h7-11H,1-6H3,(H,36,37);/q-1;. The van der Waals surface area contributed by atoms with Crippen LogP contribution in [0.5, 0.6) is 0 Å². The van der Waals surface area contributed by atoms with Gasteiger partial charge in [0.25, 0.3) is 0 Å². The van der Waals surface area contributed by atoms with Crippen LogP contribution in [0.4, 0.5) is 24.5 Å². The van der Waals surface area contributed by atoms with Crippen LogP contribution in [-0.4, -0.2) is 68.8 Å². The molecule has 4 aromatic rings. The number of pyridine rings is 2. The van der Waals surface area contributed by atoms with E-state index in [0.29, 0.717) is 22.8 Å². The summed E-state index contributed by atoms with van der Waals surface area (Å²) in [6.45, 7) is 3.68. The Labute approximate surface area is 230 Å². The zero-order valence-electron chi connectivity index (χ0n) is 21.3. The van der Waals surface area contributed by atoms with Crippen molar-refractivity contribution in [3.8, 4) is 5.82 Å². The number of alkyl halides is 3. The summed E-state index contributed by atoms with van der Waals surface area (Å²) in [4.78, 5) is 35.6. The van der Waals surface area contributed by atoms with E-state index >= 15 is 0 Å². The van der Waals surface area contributed by atoms with Crippen LogP contribution in [0.25, 0.3) is 17.0 Å². The van der Waals surface area contributed by atoms with E-state index in [-0.39, 0.29) is 38.2 Å². The maximum atomic E-state index is 13.5. The molecule has 1 N–H and O–H groups in total. The molecule has 10 nitrogen and oxygen atoms in total. The van der Waals surface area contributed by atoms with E-state index in [2.05, 4.69) is 26.3 Å². The number of anilines is 2. The first-order valence-electron chi connectivity index (χ1n) is 11.0. The van der Waals surface area contributed by atoms with Crippen molar-refractivity contribution in [1.82, 2.24) is 29.5 Å². The number of carboxylic acids is 1. The van der Waals surface area contributed by atoms with Crippen LogP contribution in [0.15, 0.2) is 30.6 Å². The van der Waals surface area contributed by atoms with Crippen LogP contribution in [0, 0.1) is 6.33 Å². The first kappa shape index (κ1) is 29.0. The van der Waals surface area contributed by atoms with E-state index in [1.54, 1.807) is 31.1 Å². The van der Waals surface area contributed by atoms with Gasteiger partial charge in [0, 0.05) is 89.2 Å². The second-order valence-corrected chi connectivity index (χ2v) is 9.32. The third-order valence-electron chi connectivity index (χ3n) is 5.91. The maximum Gasteiger partial charge on any atom is 0.426 e. The van der Waals surface area contributed by atoms with Gasteiger partial charge in [0.05, 0.1) is 11.5 Å². The Bertz CT molecular complexity index is 1500. The van der Waals surface area contributed by atoms with E-state index in [0.717, 1.165) is 6.33 Å². The molecule has 0 aliphatic carbocycles. The molecule has 0 saturated heterocycles. The van der Waals surface area contributed by atoms with Crippen molar-refractivity contribution < 1.29 is 44.1 Å². The summed E-state index contributed by atoms with van der Waals surface area (Å²) in [5.74, 6) is -0.943. The van der Waals surface area contributed by atoms with E-state index in [1.807, 2.05) is 38.9 Å². The topological polar surface area (TPSA) is 113 Å². The summed E-state index contributed by atoms with van der Waals surface area (Å²) >= 11 is 0. The molecular formula is C24H24F3N8O2Pt-. The van der Waals surface area contributed by atoms with Gasteiger partial charge in [0.2, 0.25) is 0 Å². The van der Waals surface area contributed by atoms with E-state index in [1.165, 1.54) is 10.6 Å². The van der Waals surface area contributed by atoms with Gasteiger partial charge in [-0.05, 0) is 38.1 Å². The molecule has 0 aromatic carbocycles. The molecule has 0 bridgehead atoms. The Morgan fingerprint density at radius 3 is 2.08 bits per heavy atom. The molecule has 14 heteroatoms. The second-order valence-electron chi connectivity index (χ2n) is 9.32. The molecular weight excluding hydrogens is 684 g/mol. The number of fused-ring (bicyclic) bond motifs is 1. The Kier molecular flexibility index (Phi) is 7.83. The van der Waals surface area contributed by atoms with Gasteiger partial charge < -0.3 is 24.5 Å². The minimum atomic E-state index is -4.72. The number of nitrogens with zero attached hydrogens (tertiary/aromatic N) is 8. The predicted octanol–water partition coefficient (Wildman–Crippen LogP) is 3.58. The molecule has 0 aliphatic rings. The molecule has 0 unspecified atom stereocenters. The number of aromatic carboxylic acids is 1. The van der Waals surface area contributed by atoms with Gasteiger partial charge in [0.1, 0.15) is 12.0 Å². The van der Waals surface area contributed by atoms with Crippen molar-refractivity contribution in [3.63, 3.8) is 0 Å². The Morgan fingerprint density at radius 1 is 0.947 bits per heavy atom. The molecule has 0 fully saturated rings. The normalized spacial score (nSPS) is 11.8. The zero-order valence-corrected chi connectivity index (χ0v) is 23.5. The average Bonchev–Trinajstić information content (AvgIpc) is 3.27. The monoisotopic (exact) mass is 708 g/mol. The van der Waals surface area contributed by atoms with Crippen LogP contribution in [0.2, 0.25) is 0 Å². The largest absolute Gasteiger partial charge is 0.477 e. The maximum absolute atomic E-state index is 13.5. The second kappa shape index (κ2) is 10.3. The van der Waals surface area contributed by atoms with Gasteiger partial charge in [0.15, 0.2) is 5.69 Å². The number of carboxylic acid groups (broad SMARTS) is 1. The summed E-state index contributed by atoms with van der Waals surface area (Å²) in [6.07, 6.45) is -1.34. The van der Waals surface area contributed by atoms with Gasteiger partial charge in [-0.25, -0.2) is 14.8 Å². The first-order chi connectivity index (χ1) is 17.2. The van der Waals surface area contributed by atoms with Crippen LogP contribution < -0.4 is 9.80 Å². The Hall–Kier alpha value is -3.60. The number of halogens is 3. The first-order valence-corrected chi connectivity index (χ1v) is 11.0. The Morgan fingerprint density at radius 2 is 1.53 bits per heavy atom. The van der Waals surface area contributed by atoms with E-state index in [4.69, 9.17) is 4.98 Å². The molecule has 0 radical (unpaired) electrons. The molecule has 0 aliphatic heterocycles. The third kappa shape index (κ3) is 5.33. The van der Waals surface area contributed by atoms with Gasteiger partial charge >= 0.3 is 12.1 Å².